The van der Waals surface area contributed by atoms with Crippen molar-refractivity contribution in [3.05, 3.63) is 23.9 Å². The van der Waals surface area contributed by atoms with E-state index in [-0.39, 0.29) is 23.4 Å². The molecule has 6 heteroatoms. The van der Waals surface area contributed by atoms with E-state index in [4.69, 9.17) is 0 Å². The minimum atomic E-state index is -0.259. The summed E-state index contributed by atoms with van der Waals surface area (Å²) in [5, 5.41) is 0. The Labute approximate surface area is 174 Å². The Morgan fingerprint density at radius 2 is 1.76 bits per heavy atom. The van der Waals surface area contributed by atoms with Crippen molar-refractivity contribution in [2.45, 2.75) is 76.8 Å². The van der Waals surface area contributed by atoms with E-state index in [1.807, 2.05) is 21.9 Å². The van der Waals surface area contributed by atoms with Gasteiger partial charge in [-0.2, -0.15) is 0 Å². The lowest BCUT2D eigenvalue weighted by Gasteiger charge is -2.45. The van der Waals surface area contributed by atoms with Crippen LogP contribution in [0.4, 0.5) is 5.82 Å². The van der Waals surface area contributed by atoms with Crippen LogP contribution in [0.25, 0.3) is 0 Å². The average Bonchev–Trinajstić information content (AvgIpc) is 3.04. The number of piperidine rings is 1. The molecule has 3 aliphatic rings. The summed E-state index contributed by atoms with van der Waals surface area (Å²) in [4.78, 5) is 36.8. The van der Waals surface area contributed by atoms with Crippen LogP contribution < -0.4 is 4.90 Å². The highest BCUT2D eigenvalue weighted by molar-refractivity contribution is 5.95. The molecule has 0 aliphatic carbocycles. The Hall–Kier alpha value is -2.11. The van der Waals surface area contributed by atoms with Crippen LogP contribution in [-0.2, 0) is 4.79 Å². The Bertz CT molecular complexity index is 761. The second kappa shape index (κ2) is 8.33. The molecule has 2 amide bonds. The number of amides is 2. The van der Waals surface area contributed by atoms with Crippen LogP contribution in [-0.4, -0.2) is 64.4 Å². The van der Waals surface area contributed by atoms with Gasteiger partial charge < -0.3 is 14.7 Å². The highest BCUT2D eigenvalue weighted by atomic mass is 16.2. The quantitative estimate of drug-likeness (QED) is 0.765. The predicted molar refractivity (Wildman–Crippen MR) is 114 cm³/mol. The smallest absolute Gasteiger partial charge is 0.254 e. The molecule has 0 unspecified atom stereocenters. The molecule has 1 aromatic heterocycles. The normalized spacial score (nSPS) is 27.9. The third kappa shape index (κ3) is 3.86. The van der Waals surface area contributed by atoms with Crippen LogP contribution in [0.15, 0.2) is 18.3 Å². The molecular weight excluding hydrogens is 364 g/mol. The maximum absolute atomic E-state index is 13.5. The van der Waals surface area contributed by atoms with Crippen LogP contribution in [0.3, 0.4) is 0 Å². The highest BCUT2D eigenvalue weighted by Gasteiger charge is 2.50. The molecule has 0 N–H and O–H groups in total. The molecule has 0 saturated carbocycles. The number of carbonyl (C=O) groups excluding carboxylic acids is 2. The van der Waals surface area contributed by atoms with Gasteiger partial charge in [-0.15, -0.1) is 0 Å². The first-order chi connectivity index (χ1) is 14.0. The number of nitrogens with zero attached hydrogens (tertiary/aromatic N) is 4. The second-order valence-corrected chi connectivity index (χ2v) is 9.09. The number of hydrogen-bond donors (Lipinski definition) is 0. The van der Waals surface area contributed by atoms with Crippen LogP contribution in [0.2, 0.25) is 0 Å². The van der Waals surface area contributed by atoms with Crippen LogP contribution >= 0.6 is 0 Å². The van der Waals surface area contributed by atoms with Crippen LogP contribution in [0.5, 0.6) is 0 Å². The van der Waals surface area contributed by atoms with Gasteiger partial charge in [0.25, 0.3) is 5.91 Å². The molecule has 29 heavy (non-hydrogen) atoms. The maximum Gasteiger partial charge on any atom is 0.254 e. The number of carbonyl (C=O) groups is 2. The number of hydrogen-bond acceptors (Lipinski definition) is 4. The molecule has 0 spiro atoms. The van der Waals surface area contributed by atoms with Gasteiger partial charge in [0, 0.05) is 44.9 Å². The molecule has 0 bridgehead atoms. The van der Waals surface area contributed by atoms with Gasteiger partial charge in [-0.3, -0.25) is 9.59 Å². The van der Waals surface area contributed by atoms with E-state index in [2.05, 4.69) is 16.8 Å². The molecule has 1 aromatic rings. The second-order valence-electron chi connectivity index (χ2n) is 9.09. The lowest BCUT2D eigenvalue weighted by Crippen LogP contribution is -2.58. The predicted octanol–water partition coefficient (Wildman–Crippen LogP) is 3.47. The number of pyridine rings is 1. The van der Waals surface area contributed by atoms with Crippen molar-refractivity contribution < 1.29 is 9.59 Å². The zero-order chi connectivity index (χ0) is 20.4. The molecule has 158 valence electrons. The topological polar surface area (TPSA) is 56.8 Å². The Kier molecular flexibility index (Phi) is 5.79. The molecule has 4 heterocycles. The SMILES string of the molecule is CC(=O)N1CCCCC[C@@H]2N(C(=O)c3ccnc(N4CCCCC4)c3)CC[C@@]21C. The van der Waals surface area contributed by atoms with Crippen molar-refractivity contribution in [2.24, 2.45) is 0 Å². The van der Waals surface area contributed by atoms with Gasteiger partial charge in [-0.25, -0.2) is 4.98 Å². The largest absolute Gasteiger partial charge is 0.357 e. The van der Waals surface area contributed by atoms with E-state index in [0.717, 1.165) is 63.1 Å². The van der Waals surface area contributed by atoms with Gasteiger partial charge in [-0.05, 0) is 57.6 Å². The van der Waals surface area contributed by atoms with Gasteiger partial charge in [0.2, 0.25) is 5.91 Å². The van der Waals surface area contributed by atoms with E-state index >= 15 is 0 Å². The molecule has 6 nitrogen and oxygen atoms in total. The van der Waals surface area contributed by atoms with Crippen molar-refractivity contribution >= 4 is 17.6 Å². The number of aromatic nitrogens is 1. The minimum Gasteiger partial charge on any atom is -0.357 e. The summed E-state index contributed by atoms with van der Waals surface area (Å²) in [6.45, 7) is 7.40. The van der Waals surface area contributed by atoms with Gasteiger partial charge in [-0.1, -0.05) is 12.8 Å². The molecule has 4 rings (SSSR count). The van der Waals surface area contributed by atoms with Crippen molar-refractivity contribution in [3.8, 4) is 0 Å². The summed E-state index contributed by atoms with van der Waals surface area (Å²) in [7, 11) is 0. The summed E-state index contributed by atoms with van der Waals surface area (Å²) in [6, 6.07) is 3.90. The number of rotatable bonds is 2. The Morgan fingerprint density at radius 3 is 2.52 bits per heavy atom. The lowest BCUT2D eigenvalue weighted by atomic mass is 9.84. The van der Waals surface area contributed by atoms with Crippen molar-refractivity contribution in [2.75, 3.05) is 31.1 Å². The molecular formula is C23H34N4O2. The lowest BCUT2D eigenvalue weighted by molar-refractivity contribution is -0.136. The number of likely N-dealkylation sites (tertiary alicyclic amines) is 2. The fourth-order valence-electron chi connectivity index (χ4n) is 5.60. The summed E-state index contributed by atoms with van der Waals surface area (Å²) in [5.41, 5.74) is 0.464. The third-order valence-electron chi connectivity index (χ3n) is 7.24. The summed E-state index contributed by atoms with van der Waals surface area (Å²) in [5.74, 6) is 1.13. The van der Waals surface area contributed by atoms with Gasteiger partial charge in [0.15, 0.2) is 0 Å². The molecule has 2 atom stereocenters. The molecule has 3 fully saturated rings. The molecule has 0 aromatic carbocycles. The first-order valence-electron chi connectivity index (χ1n) is 11.3. The zero-order valence-corrected chi connectivity index (χ0v) is 17.9. The average molecular weight is 399 g/mol. The first kappa shape index (κ1) is 20.2. The summed E-state index contributed by atoms with van der Waals surface area (Å²) >= 11 is 0. The molecule has 0 radical (unpaired) electrons. The van der Waals surface area contributed by atoms with E-state index < -0.39 is 0 Å². The van der Waals surface area contributed by atoms with Crippen LogP contribution in [0.1, 0.15) is 75.6 Å². The highest BCUT2D eigenvalue weighted by Crippen LogP contribution is 2.39. The van der Waals surface area contributed by atoms with Crippen molar-refractivity contribution in [1.82, 2.24) is 14.8 Å². The van der Waals surface area contributed by atoms with E-state index in [9.17, 15) is 9.59 Å². The van der Waals surface area contributed by atoms with E-state index in [1.165, 1.54) is 19.3 Å². The van der Waals surface area contributed by atoms with Gasteiger partial charge in [0.1, 0.15) is 5.82 Å². The number of fused-ring (bicyclic) bond motifs is 1. The molecule has 3 aliphatic heterocycles. The standard InChI is InChI=1S/C23H34N4O2/c1-18(28)27-15-8-3-5-9-20-23(27,2)11-16-26(20)22(29)19-10-12-24-21(17-19)25-13-6-4-7-14-25/h10,12,17,20H,3-9,11,13-16H2,1-2H3/t20-,23-/m0/s1. The summed E-state index contributed by atoms with van der Waals surface area (Å²) < 4.78 is 0. The molecule has 3 saturated heterocycles. The fourth-order valence-corrected chi connectivity index (χ4v) is 5.60. The zero-order valence-electron chi connectivity index (χ0n) is 17.9. The van der Waals surface area contributed by atoms with Crippen molar-refractivity contribution in [1.29, 1.82) is 0 Å². The van der Waals surface area contributed by atoms with Gasteiger partial charge >= 0.3 is 0 Å². The van der Waals surface area contributed by atoms with Crippen LogP contribution in [0, 0.1) is 0 Å². The van der Waals surface area contributed by atoms with Gasteiger partial charge in [0.05, 0.1) is 11.6 Å². The van der Waals surface area contributed by atoms with E-state index in [1.54, 1.807) is 13.1 Å². The Morgan fingerprint density at radius 1 is 1.03 bits per heavy atom. The minimum absolute atomic E-state index is 0.0865. The number of anilines is 1. The Balaban J connectivity index is 1.58. The first-order valence-corrected chi connectivity index (χ1v) is 11.3. The monoisotopic (exact) mass is 398 g/mol. The third-order valence-corrected chi connectivity index (χ3v) is 7.24. The maximum atomic E-state index is 13.5. The summed E-state index contributed by atoms with van der Waals surface area (Å²) in [6.07, 6.45) is 10.5. The van der Waals surface area contributed by atoms with E-state index in [0.29, 0.717) is 6.54 Å². The fraction of sp³-hybridized carbons (Fsp3) is 0.696. The van der Waals surface area contributed by atoms with Crippen molar-refractivity contribution in [3.63, 3.8) is 0 Å².